The summed E-state index contributed by atoms with van der Waals surface area (Å²) >= 11 is 0. The van der Waals surface area contributed by atoms with E-state index in [1.54, 1.807) is 0 Å². The molecule has 1 aromatic carbocycles. The van der Waals surface area contributed by atoms with Gasteiger partial charge in [0.25, 0.3) is 0 Å². The topological polar surface area (TPSA) is 89.2 Å². The van der Waals surface area contributed by atoms with Crippen LogP contribution in [0, 0.1) is 20.8 Å². The van der Waals surface area contributed by atoms with Crippen LogP contribution in [-0.4, -0.2) is 22.6 Å². The minimum atomic E-state index is -0.678. The van der Waals surface area contributed by atoms with E-state index in [1.807, 2.05) is 13.8 Å². The Kier molecular flexibility index (Phi) is 3.91. The number of guanidine groups is 2. The van der Waals surface area contributed by atoms with Crippen LogP contribution < -0.4 is 11.5 Å². The smallest absolute Gasteiger partial charge is 0.226 e. The van der Waals surface area contributed by atoms with Crippen molar-refractivity contribution in [2.75, 3.05) is 0 Å². The van der Waals surface area contributed by atoms with Crippen LogP contribution in [0.3, 0.4) is 0 Å². The number of hydrogen-bond acceptors (Lipinski definition) is 6. The molecule has 1 aliphatic rings. The summed E-state index contributed by atoms with van der Waals surface area (Å²) in [6, 6.07) is 4.28. The van der Waals surface area contributed by atoms with Crippen molar-refractivity contribution in [2.24, 2.45) is 21.5 Å². The molecule has 1 aliphatic heterocycles. The van der Waals surface area contributed by atoms with E-state index in [0.29, 0.717) is 6.61 Å². The van der Waals surface area contributed by atoms with Crippen molar-refractivity contribution in [1.29, 1.82) is 0 Å². The van der Waals surface area contributed by atoms with Crippen LogP contribution in [0.25, 0.3) is 0 Å². The van der Waals surface area contributed by atoms with Gasteiger partial charge in [0, 0.05) is 0 Å². The number of nitrogens with zero attached hydrogens (tertiary/aromatic N) is 3. The highest BCUT2D eigenvalue weighted by Gasteiger charge is 2.33. The molecule has 0 spiro atoms. The van der Waals surface area contributed by atoms with Crippen LogP contribution in [0.1, 0.15) is 36.1 Å². The highest BCUT2D eigenvalue weighted by atomic mass is 16.7. The monoisotopic (exact) mass is 289 g/mol. The number of aryl methyl sites for hydroxylation is 3. The summed E-state index contributed by atoms with van der Waals surface area (Å²) in [7, 11) is 0. The molecule has 0 atom stereocenters. The second-order valence-electron chi connectivity index (χ2n) is 5.88. The molecule has 0 amide bonds. The number of nitrogens with two attached hydrogens (primary N) is 2. The second-order valence-corrected chi connectivity index (χ2v) is 5.88. The zero-order chi connectivity index (χ0) is 15.8. The Morgan fingerprint density at radius 3 is 2.24 bits per heavy atom. The molecule has 0 saturated heterocycles. The maximum atomic E-state index is 5.90. The Balaban J connectivity index is 2.19. The van der Waals surface area contributed by atoms with Crippen LogP contribution in [0.5, 0.6) is 0 Å². The Hall–Kier alpha value is -2.08. The molecule has 1 heterocycles. The third kappa shape index (κ3) is 3.16. The van der Waals surface area contributed by atoms with Crippen molar-refractivity contribution in [2.45, 2.75) is 46.9 Å². The zero-order valence-electron chi connectivity index (χ0n) is 13.3. The van der Waals surface area contributed by atoms with Crippen molar-refractivity contribution in [3.05, 3.63) is 34.4 Å². The number of rotatable bonds is 3. The minimum Gasteiger partial charge on any atom is -0.368 e. The molecule has 1 aromatic rings. The first-order valence-corrected chi connectivity index (χ1v) is 6.90. The van der Waals surface area contributed by atoms with Crippen molar-refractivity contribution < 1.29 is 4.84 Å². The number of hydroxylamine groups is 2. The van der Waals surface area contributed by atoms with Gasteiger partial charge in [0.1, 0.15) is 6.61 Å². The van der Waals surface area contributed by atoms with Crippen LogP contribution in [0.15, 0.2) is 22.1 Å². The average molecular weight is 289 g/mol. The fourth-order valence-electron chi connectivity index (χ4n) is 2.58. The Labute approximate surface area is 125 Å². The lowest BCUT2D eigenvalue weighted by Crippen LogP contribution is -2.53. The molecule has 0 saturated carbocycles. The van der Waals surface area contributed by atoms with E-state index < -0.39 is 5.66 Å². The standard InChI is InChI=1S/C15H23N5O/c1-9-6-10(2)12(11(3)7-9)8-21-20-14(17)18-13(16)19-15(20,4)5/h6-7H,8H2,1-5H3,(H4,16,17,18,19). The molecule has 0 aliphatic carbocycles. The van der Waals surface area contributed by atoms with Gasteiger partial charge in [-0.3, -0.25) is 4.84 Å². The Bertz CT molecular complexity index is 595. The summed E-state index contributed by atoms with van der Waals surface area (Å²) < 4.78 is 0. The van der Waals surface area contributed by atoms with Gasteiger partial charge in [0.2, 0.25) is 11.9 Å². The molecule has 0 unspecified atom stereocenters. The molecule has 0 fully saturated rings. The summed E-state index contributed by atoms with van der Waals surface area (Å²) in [4.78, 5) is 14.1. The normalized spacial score (nSPS) is 17.5. The van der Waals surface area contributed by atoms with Crippen molar-refractivity contribution >= 4 is 11.9 Å². The molecule has 0 radical (unpaired) electrons. The van der Waals surface area contributed by atoms with E-state index in [9.17, 15) is 0 Å². The van der Waals surface area contributed by atoms with Crippen LogP contribution >= 0.6 is 0 Å². The zero-order valence-corrected chi connectivity index (χ0v) is 13.3. The quantitative estimate of drug-likeness (QED) is 0.886. The number of benzene rings is 1. The summed E-state index contributed by atoms with van der Waals surface area (Å²) in [5, 5.41) is 1.50. The molecule has 4 N–H and O–H groups in total. The first kappa shape index (κ1) is 15.3. The van der Waals surface area contributed by atoms with Gasteiger partial charge < -0.3 is 11.5 Å². The SMILES string of the molecule is Cc1cc(C)c(CON2C(N)=NC(N)=NC2(C)C)c(C)c1. The summed E-state index contributed by atoms with van der Waals surface area (Å²) in [5.74, 6) is 0.384. The van der Waals surface area contributed by atoms with Gasteiger partial charge in [-0.1, -0.05) is 17.7 Å². The maximum absolute atomic E-state index is 5.90. The van der Waals surface area contributed by atoms with E-state index in [0.717, 1.165) is 5.56 Å². The van der Waals surface area contributed by atoms with Crippen molar-refractivity contribution in [3.63, 3.8) is 0 Å². The lowest BCUT2D eigenvalue weighted by Gasteiger charge is -2.37. The second kappa shape index (κ2) is 5.37. The lowest BCUT2D eigenvalue weighted by molar-refractivity contribution is -0.167. The van der Waals surface area contributed by atoms with Gasteiger partial charge in [0.05, 0.1) is 0 Å². The van der Waals surface area contributed by atoms with E-state index in [4.69, 9.17) is 16.3 Å². The lowest BCUT2D eigenvalue weighted by atomic mass is 10.0. The van der Waals surface area contributed by atoms with E-state index >= 15 is 0 Å². The highest BCUT2D eigenvalue weighted by Crippen LogP contribution is 2.23. The van der Waals surface area contributed by atoms with Crippen LogP contribution in [-0.2, 0) is 11.4 Å². The first-order valence-electron chi connectivity index (χ1n) is 6.90. The van der Waals surface area contributed by atoms with Gasteiger partial charge in [-0.05, 0) is 51.3 Å². The fraction of sp³-hybridized carbons (Fsp3) is 0.467. The summed E-state index contributed by atoms with van der Waals surface area (Å²) in [6.45, 7) is 10.4. The maximum Gasteiger partial charge on any atom is 0.226 e. The van der Waals surface area contributed by atoms with Gasteiger partial charge in [-0.25, -0.2) is 4.99 Å². The van der Waals surface area contributed by atoms with Crippen LogP contribution in [0.4, 0.5) is 0 Å². The summed E-state index contributed by atoms with van der Waals surface area (Å²) in [5.41, 5.74) is 15.6. The van der Waals surface area contributed by atoms with Gasteiger partial charge >= 0.3 is 0 Å². The Morgan fingerprint density at radius 1 is 1.14 bits per heavy atom. The number of hydrogen-bond donors (Lipinski definition) is 2. The van der Waals surface area contributed by atoms with E-state index in [1.165, 1.54) is 21.8 Å². The van der Waals surface area contributed by atoms with Gasteiger partial charge in [-0.15, -0.1) is 0 Å². The largest absolute Gasteiger partial charge is 0.368 e. The first-order chi connectivity index (χ1) is 9.70. The third-order valence-corrected chi connectivity index (χ3v) is 3.50. The molecule has 2 rings (SSSR count). The van der Waals surface area contributed by atoms with Crippen LogP contribution in [0.2, 0.25) is 0 Å². The molecule has 0 bridgehead atoms. The molecule has 21 heavy (non-hydrogen) atoms. The Morgan fingerprint density at radius 2 is 1.71 bits per heavy atom. The van der Waals surface area contributed by atoms with Gasteiger partial charge in [0.15, 0.2) is 5.66 Å². The molecular weight excluding hydrogens is 266 g/mol. The minimum absolute atomic E-state index is 0.167. The third-order valence-electron chi connectivity index (χ3n) is 3.50. The highest BCUT2D eigenvalue weighted by molar-refractivity contribution is 5.95. The van der Waals surface area contributed by atoms with Gasteiger partial charge in [-0.2, -0.15) is 10.1 Å². The van der Waals surface area contributed by atoms with E-state index in [-0.39, 0.29) is 11.9 Å². The fourth-order valence-corrected chi connectivity index (χ4v) is 2.58. The molecule has 114 valence electrons. The van der Waals surface area contributed by atoms with Crippen molar-refractivity contribution in [1.82, 2.24) is 5.06 Å². The predicted molar refractivity (Wildman–Crippen MR) is 84.6 cm³/mol. The predicted octanol–water partition coefficient (Wildman–Crippen LogP) is 1.72. The molecule has 6 heteroatoms. The summed E-state index contributed by atoms with van der Waals surface area (Å²) in [6.07, 6.45) is 0. The molecule has 0 aromatic heterocycles. The van der Waals surface area contributed by atoms with Crippen molar-refractivity contribution in [3.8, 4) is 0 Å². The average Bonchev–Trinajstić information content (AvgIpc) is 2.29. The molecular formula is C15H23N5O. The molecule has 6 nitrogen and oxygen atoms in total. The van der Waals surface area contributed by atoms with E-state index in [2.05, 4.69) is 42.9 Å². The number of aliphatic imine (C=N–C) groups is 2.